The van der Waals surface area contributed by atoms with Crippen LogP contribution >= 0.6 is 0 Å². The number of furan rings is 2. The summed E-state index contributed by atoms with van der Waals surface area (Å²) in [6.07, 6.45) is 1.57. The average Bonchev–Trinajstić information content (AvgIpc) is 3.19. The van der Waals surface area contributed by atoms with Crippen molar-refractivity contribution in [3.63, 3.8) is 0 Å². The summed E-state index contributed by atoms with van der Waals surface area (Å²) in [6, 6.07) is 8.70. The van der Waals surface area contributed by atoms with E-state index in [9.17, 15) is 4.79 Å². The van der Waals surface area contributed by atoms with E-state index in [0.29, 0.717) is 22.9 Å². The first-order valence-corrected chi connectivity index (χ1v) is 6.60. The maximum Gasteiger partial charge on any atom is 0.272 e. The minimum atomic E-state index is -0.273. The first kappa shape index (κ1) is 13.2. The van der Waals surface area contributed by atoms with Gasteiger partial charge in [0.15, 0.2) is 11.5 Å². The highest BCUT2D eigenvalue weighted by Crippen LogP contribution is 2.19. The van der Waals surface area contributed by atoms with Crippen molar-refractivity contribution >= 4 is 5.91 Å². The van der Waals surface area contributed by atoms with E-state index in [0.717, 1.165) is 5.76 Å². The molecule has 3 aromatic rings. The van der Waals surface area contributed by atoms with Gasteiger partial charge in [0.05, 0.1) is 12.3 Å². The molecule has 108 valence electrons. The molecule has 1 atom stereocenters. The molecule has 0 aliphatic rings. The first-order valence-electron chi connectivity index (χ1n) is 6.60. The van der Waals surface area contributed by atoms with Gasteiger partial charge >= 0.3 is 0 Å². The SMILES string of the molecule is Cc1ccc([C@H](C)NC(=O)c2cc(-c3ccco3)[nH]n2)o1. The molecule has 2 N–H and O–H groups in total. The number of aromatic nitrogens is 2. The van der Waals surface area contributed by atoms with Gasteiger partial charge in [-0.1, -0.05) is 0 Å². The van der Waals surface area contributed by atoms with Gasteiger partial charge in [-0.05, 0) is 38.1 Å². The molecule has 0 aliphatic heterocycles. The predicted molar refractivity (Wildman–Crippen MR) is 75.6 cm³/mol. The highest BCUT2D eigenvalue weighted by molar-refractivity contribution is 5.93. The Labute approximate surface area is 121 Å². The molecule has 6 heteroatoms. The number of rotatable bonds is 4. The first-order chi connectivity index (χ1) is 10.1. The van der Waals surface area contributed by atoms with Crippen molar-refractivity contribution in [1.82, 2.24) is 15.5 Å². The Morgan fingerprint density at radius 2 is 2.24 bits per heavy atom. The molecular weight excluding hydrogens is 270 g/mol. The summed E-state index contributed by atoms with van der Waals surface area (Å²) < 4.78 is 10.7. The number of amides is 1. The van der Waals surface area contributed by atoms with Gasteiger partial charge in [-0.3, -0.25) is 9.89 Å². The molecule has 0 spiro atoms. The van der Waals surface area contributed by atoms with E-state index in [1.165, 1.54) is 0 Å². The van der Waals surface area contributed by atoms with Crippen LogP contribution in [0.3, 0.4) is 0 Å². The van der Waals surface area contributed by atoms with E-state index in [1.807, 2.05) is 26.0 Å². The molecule has 1 amide bonds. The third-order valence-corrected chi connectivity index (χ3v) is 3.13. The number of aromatic amines is 1. The third kappa shape index (κ3) is 2.74. The van der Waals surface area contributed by atoms with Gasteiger partial charge in [0.2, 0.25) is 0 Å². The summed E-state index contributed by atoms with van der Waals surface area (Å²) in [6.45, 7) is 3.72. The number of aryl methyl sites for hydroxylation is 1. The predicted octanol–water partition coefficient (Wildman–Crippen LogP) is 3.06. The number of nitrogens with one attached hydrogen (secondary N) is 2. The van der Waals surface area contributed by atoms with Gasteiger partial charge in [-0.2, -0.15) is 5.10 Å². The van der Waals surface area contributed by atoms with Crippen molar-refractivity contribution in [3.05, 3.63) is 53.8 Å². The van der Waals surface area contributed by atoms with Crippen LogP contribution in [0.2, 0.25) is 0 Å². The fraction of sp³-hybridized carbons (Fsp3) is 0.200. The summed E-state index contributed by atoms with van der Waals surface area (Å²) in [5.74, 6) is 1.88. The van der Waals surface area contributed by atoms with Crippen LogP contribution in [0.15, 0.2) is 45.4 Å². The van der Waals surface area contributed by atoms with Crippen molar-refractivity contribution in [2.75, 3.05) is 0 Å². The van der Waals surface area contributed by atoms with Gasteiger partial charge in [0, 0.05) is 6.07 Å². The van der Waals surface area contributed by atoms with Crippen molar-refractivity contribution in [2.24, 2.45) is 0 Å². The summed E-state index contributed by atoms with van der Waals surface area (Å²) in [5, 5.41) is 9.61. The quantitative estimate of drug-likeness (QED) is 0.771. The molecule has 3 aromatic heterocycles. The van der Waals surface area contributed by atoms with Gasteiger partial charge in [0.1, 0.15) is 17.2 Å². The Kier molecular flexibility index (Phi) is 3.35. The second-order valence-electron chi connectivity index (χ2n) is 4.79. The Balaban J connectivity index is 1.71. The van der Waals surface area contributed by atoms with Gasteiger partial charge in [-0.15, -0.1) is 0 Å². The molecule has 0 saturated carbocycles. The van der Waals surface area contributed by atoms with E-state index >= 15 is 0 Å². The van der Waals surface area contributed by atoms with Crippen LogP contribution in [0.1, 0.15) is 35.0 Å². The maximum atomic E-state index is 12.2. The zero-order valence-corrected chi connectivity index (χ0v) is 11.7. The van der Waals surface area contributed by atoms with Crippen LogP contribution in [0.25, 0.3) is 11.5 Å². The van der Waals surface area contributed by atoms with Crippen LogP contribution in [-0.4, -0.2) is 16.1 Å². The lowest BCUT2D eigenvalue weighted by Crippen LogP contribution is -2.26. The highest BCUT2D eigenvalue weighted by atomic mass is 16.3. The van der Waals surface area contributed by atoms with E-state index in [4.69, 9.17) is 8.83 Å². The second-order valence-corrected chi connectivity index (χ2v) is 4.79. The lowest BCUT2D eigenvalue weighted by molar-refractivity contribution is 0.0930. The standard InChI is InChI=1S/C15H15N3O3/c1-9-5-6-13(21-9)10(2)16-15(19)12-8-11(17-18-12)14-4-3-7-20-14/h3-8,10H,1-2H3,(H,16,19)(H,17,18)/t10-/m0/s1. The summed E-state index contributed by atoms with van der Waals surface area (Å²) in [4.78, 5) is 12.2. The van der Waals surface area contributed by atoms with Gasteiger partial charge < -0.3 is 14.2 Å². The van der Waals surface area contributed by atoms with Crippen LogP contribution in [-0.2, 0) is 0 Å². The van der Waals surface area contributed by atoms with Crippen LogP contribution < -0.4 is 5.32 Å². The number of carbonyl (C=O) groups excluding carboxylic acids is 1. The number of H-pyrrole nitrogens is 1. The normalized spacial score (nSPS) is 12.3. The molecule has 0 aliphatic carbocycles. The lowest BCUT2D eigenvalue weighted by atomic mass is 10.2. The van der Waals surface area contributed by atoms with Crippen molar-refractivity contribution < 1.29 is 13.6 Å². The van der Waals surface area contributed by atoms with Crippen molar-refractivity contribution in [2.45, 2.75) is 19.9 Å². The minimum absolute atomic E-state index is 0.227. The number of nitrogens with zero attached hydrogens (tertiary/aromatic N) is 1. The largest absolute Gasteiger partial charge is 0.464 e. The molecule has 0 bridgehead atoms. The van der Waals surface area contributed by atoms with Crippen LogP contribution in [0.4, 0.5) is 0 Å². The molecule has 3 heterocycles. The highest BCUT2D eigenvalue weighted by Gasteiger charge is 2.17. The zero-order valence-electron chi connectivity index (χ0n) is 11.7. The Morgan fingerprint density at radius 1 is 1.38 bits per heavy atom. The monoisotopic (exact) mass is 285 g/mol. The van der Waals surface area contributed by atoms with Crippen molar-refractivity contribution in [1.29, 1.82) is 0 Å². The van der Waals surface area contributed by atoms with Gasteiger partial charge in [0.25, 0.3) is 5.91 Å². The van der Waals surface area contributed by atoms with E-state index in [-0.39, 0.29) is 11.9 Å². The molecule has 0 fully saturated rings. The zero-order chi connectivity index (χ0) is 14.8. The topological polar surface area (TPSA) is 84.1 Å². The fourth-order valence-electron chi connectivity index (χ4n) is 2.02. The summed E-state index contributed by atoms with van der Waals surface area (Å²) in [7, 11) is 0. The number of hydrogen-bond donors (Lipinski definition) is 2. The molecule has 0 saturated heterocycles. The average molecular weight is 285 g/mol. The minimum Gasteiger partial charge on any atom is -0.464 e. The molecule has 0 aromatic carbocycles. The molecule has 6 nitrogen and oxygen atoms in total. The van der Waals surface area contributed by atoms with Gasteiger partial charge in [-0.25, -0.2) is 0 Å². The third-order valence-electron chi connectivity index (χ3n) is 3.13. The van der Waals surface area contributed by atoms with E-state index < -0.39 is 0 Å². The number of carbonyl (C=O) groups is 1. The fourth-order valence-corrected chi connectivity index (χ4v) is 2.02. The van der Waals surface area contributed by atoms with Crippen LogP contribution in [0, 0.1) is 6.92 Å². The van der Waals surface area contributed by atoms with E-state index in [2.05, 4.69) is 15.5 Å². The molecule has 0 unspecified atom stereocenters. The summed E-state index contributed by atoms with van der Waals surface area (Å²) in [5.41, 5.74) is 0.961. The molecule has 21 heavy (non-hydrogen) atoms. The number of hydrogen-bond acceptors (Lipinski definition) is 4. The Hall–Kier alpha value is -2.76. The molecular formula is C15H15N3O3. The van der Waals surface area contributed by atoms with E-state index in [1.54, 1.807) is 24.5 Å². The van der Waals surface area contributed by atoms with Crippen LogP contribution in [0.5, 0.6) is 0 Å². The Bertz CT molecular complexity index is 740. The smallest absolute Gasteiger partial charge is 0.272 e. The lowest BCUT2D eigenvalue weighted by Gasteiger charge is -2.09. The second kappa shape index (κ2) is 5.32. The Morgan fingerprint density at radius 3 is 2.90 bits per heavy atom. The molecule has 3 rings (SSSR count). The molecule has 0 radical (unpaired) electrons. The maximum absolute atomic E-state index is 12.2. The summed E-state index contributed by atoms with van der Waals surface area (Å²) >= 11 is 0. The van der Waals surface area contributed by atoms with Crippen molar-refractivity contribution in [3.8, 4) is 11.5 Å².